The highest BCUT2D eigenvalue weighted by molar-refractivity contribution is 5.48. The minimum absolute atomic E-state index is 0.0546. The predicted molar refractivity (Wildman–Crippen MR) is 94.5 cm³/mol. The van der Waals surface area contributed by atoms with E-state index in [4.69, 9.17) is 0 Å². The molecule has 3 aromatic heterocycles. The minimum atomic E-state index is -4.40. The summed E-state index contributed by atoms with van der Waals surface area (Å²) < 4.78 is 54.5. The lowest BCUT2D eigenvalue weighted by molar-refractivity contribution is -0.156. The van der Waals surface area contributed by atoms with Crippen LogP contribution in [0.4, 0.5) is 17.6 Å². The van der Waals surface area contributed by atoms with Gasteiger partial charge in [0.25, 0.3) is 0 Å². The standard InChI is InChI=1S/C19H19F4N5/c1-18(2)7-11(12-9-26-15-6-14(20)27-28(15)17(12)18)13-5-4-10(8-25-13)16(24-3)19(21,22)23/h4-6,8-9,11,16,24H,7H2,1-3H3/t11?,16-/m0/s1. The van der Waals surface area contributed by atoms with E-state index in [0.717, 1.165) is 11.3 Å². The van der Waals surface area contributed by atoms with Crippen LogP contribution in [0.2, 0.25) is 0 Å². The molecule has 148 valence electrons. The summed E-state index contributed by atoms with van der Waals surface area (Å²) >= 11 is 0. The zero-order chi connectivity index (χ0) is 20.3. The topological polar surface area (TPSA) is 55.1 Å². The molecule has 1 N–H and O–H groups in total. The molecule has 0 saturated heterocycles. The molecule has 0 aromatic carbocycles. The lowest BCUT2D eigenvalue weighted by Crippen LogP contribution is -2.31. The van der Waals surface area contributed by atoms with Gasteiger partial charge in [0.05, 0.1) is 5.69 Å². The van der Waals surface area contributed by atoms with Gasteiger partial charge in [-0.3, -0.25) is 4.98 Å². The van der Waals surface area contributed by atoms with Gasteiger partial charge in [0.2, 0.25) is 5.95 Å². The number of alkyl halides is 3. The number of halogens is 4. The maximum Gasteiger partial charge on any atom is 0.407 e. The fourth-order valence-corrected chi connectivity index (χ4v) is 4.15. The number of hydrogen-bond acceptors (Lipinski definition) is 4. The lowest BCUT2D eigenvalue weighted by atomic mass is 9.88. The van der Waals surface area contributed by atoms with Crippen LogP contribution in [0.15, 0.2) is 30.6 Å². The molecule has 3 heterocycles. The van der Waals surface area contributed by atoms with Crippen molar-refractivity contribution in [1.82, 2.24) is 24.9 Å². The molecule has 0 fully saturated rings. The van der Waals surface area contributed by atoms with E-state index in [-0.39, 0.29) is 16.9 Å². The van der Waals surface area contributed by atoms with E-state index < -0.39 is 18.2 Å². The Labute approximate surface area is 158 Å². The molecule has 0 spiro atoms. The predicted octanol–water partition coefficient (Wildman–Crippen LogP) is 3.90. The summed E-state index contributed by atoms with van der Waals surface area (Å²) in [4.78, 5) is 8.60. The van der Waals surface area contributed by atoms with Crippen LogP contribution in [0.1, 0.15) is 54.7 Å². The van der Waals surface area contributed by atoms with Gasteiger partial charge < -0.3 is 5.32 Å². The summed E-state index contributed by atoms with van der Waals surface area (Å²) in [5.74, 6) is -0.755. The second-order valence-electron chi connectivity index (χ2n) is 7.72. The second-order valence-corrected chi connectivity index (χ2v) is 7.72. The van der Waals surface area contributed by atoms with Crippen LogP contribution in [-0.4, -0.2) is 32.8 Å². The maximum absolute atomic E-state index is 13.6. The molecule has 1 unspecified atom stereocenters. The lowest BCUT2D eigenvalue weighted by Gasteiger charge is -2.21. The Kier molecular flexibility index (Phi) is 4.18. The third kappa shape index (κ3) is 2.94. The fourth-order valence-electron chi connectivity index (χ4n) is 4.15. The number of hydrogen-bond donors (Lipinski definition) is 1. The minimum Gasteiger partial charge on any atom is -0.305 e. The molecule has 1 aliphatic carbocycles. The zero-order valence-corrected chi connectivity index (χ0v) is 15.5. The van der Waals surface area contributed by atoms with Crippen molar-refractivity contribution in [2.24, 2.45) is 0 Å². The maximum atomic E-state index is 13.6. The monoisotopic (exact) mass is 393 g/mol. The van der Waals surface area contributed by atoms with Gasteiger partial charge in [0.15, 0.2) is 5.65 Å². The first-order valence-electron chi connectivity index (χ1n) is 8.86. The molecule has 0 saturated carbocycles. The molecule has 0 amide bonds. The average Bonchev–Trinajstić information content (AvgIpc) is 3.11. The molecule has 0 aliphatic heterocycles. The van der Waals surface area contributed by atoms with E-state index in [1.54, 1.807) is 12.3 Å². The van der Waals surface area contributed by atoms with Gasteiger partial charge >= 0.3 is 6.18 Å². The molecule has 9 heteroatoms. The van der Waals surface area contributed by atoms with Crippen LogP contribution in [0, 0.1) is 5.95 Å². The second kappa shape index (κ2) is 6.23. The van der Waals surface area contributed by atoms with Gasteiger partial charge in [-0.15, -0.1) is 5.10 Å². The highest BCUT2D eigenvalue weighted by atomic mass is 19.4. The van der Waals surface area contributed by atoms with E-state index in [1.807, 2.05) is 13.8 Å². The average molecular weight is 393 g/mol. The van der Waals surface area contributed by atoms with Crippen molar-refractivity contribution in [2.45, 2.75) is 43.8 Å². The molecule has 1 aliphatic rings. The molecular weight excluding hydrogens is 374 g/mol. The number of nitrogens with zero attached hydrogens (tertiary/aromatic N) is 4. The Balaban J connectivity index is 1.75. The Hall–Kier alpha value is -2.55. The molecule has 2 atom stereocenters. The first-order valence-corrected chi connectivity index (χ1v) is 8.86. The molecule has 5 nitrogen and oxygen atoms in total. The summed E-state index contributed by atoms with van der Waals surface area (Å²) in [5, 5.41) is 6.19. The van der Waals surface area contributed by atoms with Crippen LogP contribution in [-0.2, 0) is 5.41 Å². The molecule has 0 bridgehead atoms. The number of pyridine rings is 1. The van der Waals surface area contributed by atoms with Gasteiger partial charge in [-0.2, -0.15) is 17.6 Å². The van der Waals surface area contributed by atoms with Gasteiger partial charge in [-0.25, -0.2) is 9.50 Å². The van der Waals surface area contributed by atoms with Crippen molar-refractivity contribution in [1.29, 1.82) is 0 Å². The van der Waals surface area contributed by atoms with Crippen molar-refractivity contribution in [3.8, 4) is 0 Å². The first-order chi connectivity index (χ1) is 13.1. The Bertz CT molecular complexity index is 1020. The van der Waals surface area contributed by atoms with Crippen molar-refractivity contribution in [3.05, 3.63) is 59.1 Å². The Morgan fingerprint density at radius 2 is 1.96 bits per heavy atom. The number of aromatic nitrogens is 4. The highest BCUT2D eigenvalue weighted by Crippen LogP contribution is 2.48. The molecule has 0 radical (unpaired) electrons. The third-order valence-electron chi connectivity index (χ3n) is 5.33. The van der Waals surface area contributed by atoms with E-state index in [9.17, 15) is 17.6 Å². The molecular formula is C19H19F4N5. The SMILES string of the molecule is CN[C@@H](c1ccc(C2CC(C)(C)c3c2cnc2cc(F)nn32)nc1)C(F)(F)F. The summed E-state index contributed by atoms with van der Waals surface area (Å²) in [5.41, 5.74) is 2.53. The zero-order valence-electron chi connectivity index (χ0n) is 15.5. The van der Waals surface area contributed by atoms with Crippen LogP contribution in [0.25, 0.3) is 5.65 Å². The van der Waals surface area contributed by atoms with Gasteiger partial charge in [-0.05, 0) is 25.1 Å². The van der Waals surface area contributed by atoms with Gasteiger partial charge in [-0.1, -0.05) is 19.9 Å². The summed E-state index contributed by atoms with van der Waals surface area (Å²) in [7, 11) is 1.27. The van der Waals surface area contributed by atoms with Crippen molar-refractivity contribution in [3.63, 3.8) is 0 Å². The van der Waals surface area contributed by atoms with Crippen molar-refractivity contribution in [2.75, 3.05) is 7.05 Å². The fraction of sp³-hybridized carbons (Fsp3) is 0.421. The number of rotatable bonds is 3. The van der Waals surface area contributed by atoms with Crippen molar-refractivity contribution >= 4 is 5.65 Å². The van der Waals surface area contributed by atoms with E-state index in [0.29, 0.717) is 17.8 Å². The Morgan fingerprint density at radius 1 is 1.21 bits per heavy atom. The van der Waals surface area contributed by atoms with Crippen LogP contribution in [0.3, 0.4) is 0 Å². The largest absolute Gasteiger partial charge is 0.407 e. The first kappa shape index (κ1) is 18.8. The highest BCUT2D eigenvalue weighted by Gasteiger charge is 2.42. The molecule has 4 rings (SSSR count). The molecule has 28 heavy (non-hydrogen) atoms. The van der Waals surface area contributed by atoms with Crippen LogP contribution in [0.5, 0.6) is 0 Å². The van der Waals surface area contributed by atoms with Gasteiger partial charge in [0.1, 0.15) is 6.04 Å². The smallest absolute Gasteiger partial charge is 0.305 e. The summed E-state index contributed by atoms with van der Waals surface area (Å²) in [6.45, 7) is 4.06. The van der Waals surface area contributed by atoms with Crippen LogP contribution >= 0.6 is 0 Å². The normalized spacial score (nSPS) is 19.8. The number of fused-ring (bicyclic) bond motifs is 3. The summed E-state index contributed by atoms with van der Waals surface area (Å²) in [6, 6.07) is 2.57. The van der Waals surface area contributed by atoms with E-state index >= 15 is 0 Å². The van der Waals surface area contributed by atoms with E-state index in [1.165, 1.54) is 29.9 Å². The summed E-state index contributed by atoms with van der Waals surface area (Å²) in [6.07, 6.45) is -0.785. The van der Waals surface area contributed by atoms with Crippen molar-refractivity contribution < 1.29 is 17.6 Å². The van der Waals surface area contributed by atoms with E-state index in [2.05, 4.69) is 20.4 Å². The quantitative estimate of drug-likeness (QED) is 0.686. The molecule has 3 aromatic rings. The third-order valence-corrected chi connectivity index (χ3v) is 5.33. The Morgan fingerprint density at radius 3 is 2.57 bits per heavy atom. The number of nitrogens with one attached hydrogen (secondary N) is 1. The van der Waals surface area contributed by atoms with Gasteiger partial charge in [0, 0.05) is 41.1 Å². The van der Waals surface area contributed by atoms with Crippen LogP contribution < -0.4 is 5.32 Å².